The monoisotopic (exact) mass is 363 g/mol. The maximum absolute atomic E-state index is 13.9. The Morgan fingerprint density at radius 1 is 1.08 bits per heavy atom. The van der Waals surface area contributed by atoms with Crippen molar-refractivity contribution in [3.8, 4) is 0 Å². The zero-order valence-electron chi connectivity index (χ0n) is 13.4. The van der Waals surface area contributed by atoms with Gasteiger partial charge in [0.25, 0.3) is 0 Å². The lowest BCUT2D eigenvalue weighted by molar-refractivity contribution is 0.388. The topological polar surface area (TPSA) is 18.5 Å². The van der Waals surface area contributed by atoms with Crippen molar-refractivity contribution in [2.24, 2.45) is 0 Å². The van der Waals surface area contributed by atoms with Gasteiger partial charge in [0.05, 0.1) is 5.69 Å². The molecule has 0 radical (unpaired) electrons. The number of benzene rings is 2. The van der Waals surface area contributed by atoms with Crippen molar-refractivity contribution in [3.05, 3.63) is 58.9 Å². The maximum Gasteiger partial charge on any atom is 0.173 e. The van der Waals surface area contributed by atoms with Crippen molar-refractivity contribution < 1.29 is 4.39 Å². The Bertz CT molecular complexity index is 745. The average Bonchev–Trinajstić information content (AvgIpc) is 2.59. The van der Waals surface area contributed by atoms with E-state index in [1.165, 1.54) is 6.07 Å². The molecule has 1 fully saturated rings. The molecule has 24 heavy (non-hydrogen) atoms. The normalized spacial score (nSPS) is 14.6. The van der Waals surface area contributed by atoms with Gasteiger partial charge in [-0.05, 0) is 49.0 Å². The van der Waals surface area contributed by atoms with E-state index in [1.807, 2.05) is 37.3 Å². The second kappa shape index (κ2) is 7.36. The zero-order valence-corrected chi connectivity index (χ0v) is 15.0. The molecule has 0 atom stereocenters. The highest BCUT2D eigenvalue weighted by Gasteiger charge is 2.21. The fraction of sp³-hybridized carbons (Fsp3) is 0.278. The lowest BCUT2D eigenvalue weighted by Gasteiger charge is -2.37. The number of anilines is 2. The van der Waals surface area contributed by atoms with E-state index in [0.29, 0.717) is 15.8 Å². The molecule has 2 aromatic carbocycles. The maximum atomic E-state index is 13.9. The smallest absolute Gasteiger partial charge is 0.173 e. The van der Waals surface area contributed by atoms with Gasteiger partial charge >= 0.3 is 0 Å². The van der Waals surface area contributed by atoms with Crippen LogP contribution >= 0.6 is 23.8 Å². The minimum absolute atomic E-state index is 0.179. The Kier molecular flexibility index (Phi) is 5.21. The molecule has 1 N–H and O–H groups in total. The predicted octanol–water partition coefficient (Wildman–Crippen LogP) is 4.31. The Morgan fingerprint density at radius 3 is 2.50 bits per heavy atom. The Labute approximate surface area is 152 Å². The number of nitrogens with zero attached hydrogens (tertiary/aromatic N) is 2. The minimum atomic E-state index is -0.179. The van der Waals surface area contributed by atoms with Gasteiger partial charge in [0, 0.05) is 36.9 Å². The highest BCUT2D eigenvalue weighted by atomic mass is 35.5. The summed E-state index contributed by atoms with van der Waals surface area (Å²) < 4.78 is 13.9. The minimum Gasteiger partial charge on any atom is -0.366 e. The average molecular weight is 364 g/mol. The summed E-state index contributed by atoms with van der Waals surface area (Å²) in [5, 5.41) is 4.66. The molecule has 6 heteroatoms. The Balaban J connectivity index is 1.61. The third-order valence-electron chi connectivity index (χ3n) is 4.27. The summed E-state index contributed by atoms with van der Waals surface area (Å²) >= 11 is 11.7. The van der Waals surface area contributed by atoms with Crippen molar-refractivity contribution in [2.75, 3.05) is 36.4 Å². The van der Waals surface area contributed by atoms with Gasteiger partial charge in [-0.15, -0.1) is 0 Å². The summed E-state index contributed by atoms with van der Waals surface area (Å²) in [7, 11) is 0. The van der Waals surface area contributed by atoms with Crippen LogP contribution in [-0.4, -0.2) is 36.2 Å². The highest BCUT2D eigenvalue weighted by Crippen LogP contribution is 2.24. The van der Waals surface area contributed by atoms with Gasteiger partial charge in [-0.1, -0.05) is 29.8 Å². The van der Waals surface area contributed by atoms with Crippen LogP contribution in [0.5, 0.6) is 0 Å². The van der Waals surface area contributed by atoms with Crippen LogP contribution in [-0.2, 0) is 0 Å². The van der Waals surface area contributed by atoms with E-state index >= 15 is 0 Å². The third kappa shape index (κ3) is 3.62. The van der Waals surface area contributed by atoms with Crippen LogP contribution in [0.15, 0.2) is 42.5 Å². The van der Waals surface area contributed by atoms with Crippen LogP contribution in [0.1, 0.15) is 5.56 Å². The van der Waals surface area contributed by atoms with Gasteiger partial charge in [-0.25, -0.2) is 4.39 Å². The SMILES string of the molecule is Cc1c(Cl)cccc1NC(=S)N1CCN(c2ccccc2F)CC1. The molecule has 0 unspecified atom stereocenters. The standard InChI is InChI=1S/C18H19ClFN3S/c1-13-14(19)5-4-7-16(13)21-18(24)23-11-9-22(10-12-23)17-8-3-2-6-15(17)20/h2-8H,9-12H2,1H3,(H,21,24). The molecule has 1 saturated heterocycles. The summed E-state index contributed by atoms with van der Waals surface area (Å²) in [5.41, 5.74) is 2.55. The number of thiocarbonyl (C=S) groups is 1. The highest BCUT2D eigenvalue weighted by molar-refractivity contribution is 7.80. The van der Waals surface area contributed by atoms with Crippen LogP contribution in [0, 0.1) is 12.7 Å². The molecular formula is C18H19ClFN3S. The van der Waals surface area contributed by atoms with Crippen LogP contribution in [0.4, 0.5) is 15.8 Å². The molecule has 0 saturated carbocycles. The molecule has 0 aromatic heterocycles. The lowest BCUT2D eigenvalue weighted by Crippen LogP contribution is -2.50. The number of piperazine rings is 1. The number of hydrogen-bond acceptors (Lipinski definition) is 2. The third-order valence-corrected chi connectivity index (χ3v) is 5.04. The van der Waals surface area contributed by atoms with E-state index < -0.39 is 0 Å². The summed E-state index contributed by atoms with van der Waals surface area (Å²) in [6.07, 6.45) is 0. The molecule has 0 bridgehead atoms. The lowest BCUT2D eigenvalue weighted by atomic mass is 10.2. The van der Waals surface area contributed by atoms with Gasteiger partial charge < -0.3 is 15.1 Å². The fourth-order valence-corrected chi connectivity index (χ4v) is 3.26. The molecule has 0 spiro atoms. The van der Waals surface area contributed by atoms with Crippen LogP contribution in [0.25, 0.3) is 0 Å². The first kappa shape index (κ1) is 17.0. The second-order valence-electron chi connectivity index (χ2n) is 5.77. The first-order chi connectivity index (χ1) is 11.6. The number of hydrogen-bond donors (Lipinski definition) is 1. The van der Waals surface area contributed by atoms with Crippen molar-refractivity contribution >= 4 is 40.3 Å². The van der Waals surface area contributed by atoms with E-state index in [1.54, 1.807) is 6.07 Å². The number of nitrogens with one attached hydrogen (secondary N) is 1. The molecule has 3 nitrogen and oxygen atoms in total. The fourth-order valence-electron chi connectivity index (χ4n) is 2.80. The van der Waals surface area contributed by atoms with Crippen LogP contribution in [0.3, 0.4) is 0 Å². The van der Waals surface area contributed by atoms with E-state index in [9.17, 15) is 4.39 Å². The Hall–Kier alpha value is -1.85. The molecule has 0 aliphatic carbocycles. The van der Waals surface area contributed by atoms with Gasteiger partial charge in [0.1, 0.15) is 5.82 Å². The molecule has 3 rings (SSSR count). The van der Waals surface area contributed by atoms with Gasteiger partial charge in [-0.2, -0.15) is 0 Å². The van der Waals surface area contributed by atoms with Crippen LogP contribution in [0.2, 0.25) is 5.02 Å². The van der Waals surface area contributed by atoms with Gasteiger partial charge in [-0.3, -0.25) is 0 Å². The molecule has 1 aliphatic heterocycles. The molecular weight excluding hydrogens is 345 g/mol. The number of rotatable bonds is 2. The largest absolute Gasteiger partial charge is 0.366 e. The van der Waals surface area contributed by atoms with Gasteiger partial charge in [0.15, 0.2) is 5.11 Å². The number of para-hydroxylation sites is 1. The predicted molar refractivity (Wildman–Crippen MR) is 103 cm³/mol. The molecule has 1 aliphatic rings. The van der Waals surface area contributed by atoms with E-state index in [2.05, 4.69) is 15.1 Å². The van der Waals surface area contributed by atoms with E-state index in [4.69, 9.17) is 23.8 Å². The quantitative estimate of drug-likeness (QED) is 0.801. The Morgan fingerprint density at radius 2 is 1.79 bits per heavy atom. The molecule has 0 amide bonds. The summed E-state index contributed by atoms with van der Waals surface area (Å²) in [5.74, 6) is -0.179. The van der Waals surface area contributed by atoms with E-state index in [0.717, 1.165) is 37.4 Å². The van der Waals surface area contributed by atoms with Crippen molar-refractivity contribution in [3.63, 3.8) is 0 Å². The molecule has 2 aromatic rings. The van der Waals surface area contributed by atoms with Crippen molar-refractivity contribution in [1.82, 2.24) is 4.90 Å². The summed E-state index contributed by atoms with van der Waals surface area (Å²) in [4.78, 5) is 4.16. The van der Waals surface area contributed by atoms with Crippen molar-refractivity contribution in [1.29, 1.82) is 0 Å². The van der Waals surface area contributed by atoms with Crippen molar-refractivity contribution in [2.45, 2.75) is 6.92 Å². The molecule has 1 heterocycles. The first-order valence-electron chi connectivity index (χ1n) is 7.87. The van der Waals surface area contributed by atoms with Crippen LogP contribution < -0.4 is 10.2 Å². The number of halogens is 2. The zero-order chi connectivity index (χ0) is 17.1. The summed E-state index contributed by atoms with van der Waals surface area (Å²) in [6.45, 7) is 4.93. The first-order valence-corrected chi connectivity index (χ1v) is 8.65. The second-order valence-corrected chi connectivity index (χ2v) is 6.56. The van der Waals surface area contributed by atoms with Gasteiger partial charge in [0.2, 0.25) is 0 Å². The molecule has 126 valence electrons. The van der Waals surface area contributed by atoms with E-state index in [-0.39, 0.29) is 5.82 Å². The summed E-state index contributed by atoms with van der Waals surface area (Å²) in [6, 6.07) is 12.6.